The van der Waals surface area contributed by atoms with E-state index in [2.05, 4.69) is 4.98 Å². The van der Waals surface area contributed by atoms with Crippen LogP contribution in [0.2, 0.25) is 0 Å². The van der Waals surface area contributed by atoms with Crippen LogP contribution in [0.15, 0.2) is 6.07 Å². The molecule has 0 aromatic carbocycles. The van der Waals surface area contributed by atoms with Crippen molar-refractivity contribution in [1.29, 1.82) is 0 Å². The number of hydrogen-bond donors (Lipinski definition) is 2. The topological polar surface area (TPSA) is 60.4 Å². The van der Waals surface area contributed by atoms with E-state index in [1.807, 2.05) is 6.92 Å². The van der Waals surface area contributed by atoms with E-state index in [1.165, 1.54) is 0 Å². The number of aromatic hydroxyl groups is 1. The van der Waals surface area contributed by atoms with Gasteiger partial charge in [-0.1, -0.05) is 0 Å². The molecule has 0 saturated heterocycles. The quantitative estimate of drug-likeness (QED) is 0.546. The molecule has 0 amide bonds. The first kappa shape index (κ1) is 6.86. The molecular weight excluding hydrogens is 128 g/mol. The van der Waals surface area contributed by atoms with Gasteiger partial charge in [0.05, 0.1) is 5.69 Å². The van der Waals surface area contributed by atoms with E-state index in [9.17, 15) is 5.11 Å². The zero-order valence-corrected chi connectivity index (χ0v) is 6.10. The minimum absolute atomic E-state index is 0.144. The first-order chi connectivity index (χ1) is 4.61. The highest BCUT2D eigenvalue weighted by molar-refractivity contribution is 5.51. The number of rotatable bonds is 0. The molecule has 0 spiro atoms. The molecule has 0 fully saturated rings. The Morgan fingerprint density at radius 3 is 2.60 bits per heavy atom. The van der Waals surface area contributed by atoms with Gasteiger partial charge in [0.25, 0.3) is 0 Å². The molecule has 0 aliphatic rings. The van der Waals surface area contributed by atoms with Gasteiger partial charge in [-0.2, -0.15) is 0 Å². The summed E-state index contributed by atoms with van der Waals surface area (Å²) in [6.45, 7) is 3.67. The molecule has 0 aliphatic carbocycles. The maximum Gasteiger partial charge on any atom is 0.221 e. The van der Waals surface area contributed by atoms with E-state index in [0.717, 1.165) is 5.69 Å². The van der Waals surface area contributed by atoms with E-state index in [0.29, 0.717) is 11.4 Å². The number of H-pyrrole nitrogens is 1. The van der Waals surface area contributed by atoms with E-state index in [4.69, 9.17) is 5.73 Å². The zero-order chi connectivity index (χ0) is 7.72. The molecular formula is C7H11N2O+. The van der Waals surface area contributed by atoms with E-state index < -0.39 is 0 Å². The number of hydrogen-bond acceptors (Lipinski definition) is 2. The third-order valence-electron chi connectivity index (χ3n) is 1.39. The highest BCUT2D eigenvalue weighted by Gasteiger charge is 2.07. The number of pyridine rings is 1. The van der Waals surface area contributed by atoms with Crippen LogP contribution < -0.4 is 10.7 Å². The van der Waals surface area contributed by atoms with Crippen molar-refractivity contribution in [3.8, 4) is 5.75 Å². The lowest BCUT2D eigenvalue weighted by Crippen LogP contribution is -2.12. The monoisotopic (exact) mass is 139 g/mol. The van der Waals surface area contributed by atoms with Crippen molar-refractivity contribution >= 4 is 5.69 Å². The molecule has 10 heavy (non-hydrogen) atoms. The summed E-state index contributed by atoms with van der Waals surface area (Å²) in [5.74, 6) is 0.144. The number of nitrogens with two attached hydrogens (primary N) is 1. The zero-order valence-electron chi connectivity index (χ0n) is 6.10. The van der Waals surface area contributed by atoms with Crippen LogP contribution in [0.1, 0.15) is 11.4 Å². The minimum Gasteiger partial charge on any atom is -0.501 e. The van der Waals surface area contributed by atoms with Gasteiger partial charge in [-0.15, -0.1) is 0 Å². The fraction of sp³-hybridized carbons (Fsp3) is 0.286. The summed E-state index contributed by atoms with van der Waals surface area (Å²) in [6.07, 6.45) is 0. The number of aryl methyl sites for hydroxylation is 2. The van der Waals surface area contributed by atoms with Gasteiger partial charge in [0.1, 0.15) is 0 Å². The van der Waals surface area contributed by atoms with Crippen LogP contribution in [-0.2, 0) is 0 Å². The molecule has 3 heteroatoms. The van der Waals surface area contributed by atoms with Crippen LogP contribution >= 0.6 is 0 Å². The molecule has 1 aromatic rings. The van der Waals surface area contributed by atoms with Crippen molar-refractivity contribution in [2.45, 2.75) is 13.8 Å². The summed E-state index contributed by atoms with van der Waals surface area (Å²) in [4.78, 5) is 2.95. The summed E-state index contributed by atoms with van der Waals surface area (Å²) < 4.78 is 0. The Hall–Kier alpha value is -1.25. The number of nitrogens with one attached hydrogen (secondary N) is 1. The third-order valence-corrected chi connectivity index (χ3v) is 1.39. The summed E-state index contributed by atoms with van der Waals surface area (Å²) in [5, 5.41) is 9.17. The second-order valence-electron chi connectivity index (χ2n) is 2.38. The van der Waals surface area contributed by atoms with Crippen molar-refractivity contribution in [2.75, 3.05) is 5.73 Å². The Labute approximate surface area is 59.5 Å². The standard InChI is InChI=1S/C7H10N2O/c1-4-3-6(8)7(10)5(2)9-4/h3,10H,1-2H3,(H2,8,9)/p+1. The first-order valence-electron chi connectivity index (χ1n) is 3.09. The van der Waals surface area contributed by atoms with Crippen molar-refractivity contribution in [3.05, 3.63) is 17.5 Å². The molecule has 0 atom stereocenters. The Morgan fingerprint density at radius 1 is 1.50 bits per heavy atom. The second-order valence-corrected chi connectivity index (χ2v) is 2.38. The summed E-state index contributed by atoms with van der Waals surface area (Å²) in [5.41, 5.74) is 7.53. The van der Waals surface area contributed by atoms with Crippen molar-refractivity contribution in [2.24, 2.45) is 0 Å². The number of anilines is 1. The van der Waals surface area contributed by atoms with Gasteiger partial charge in [-0.3, -0.25) is 0 Å². The van der Waals surface area contributed by atoms with E-state index in [1.54, 1.807) is 13.0 Å². The van der Waals surface area contributed by atoms with Gasteiger partial charge in [0, 0.05) is 19.9 Å². The smallest absolute Gasteiger partial charge is 0.221 e. The van der Waals surface area contributed by atoms with E-state index in [-0.39, 0.29) is 5.75 Å². The van der Waals surface area contributed by atoms with Crippen LogP contribution in [0, 0.1) is 13.8 Å². The summed E-state index contributed by atoms with van der Waals surface area (Å²) in [7, 11) is 0. The predicted molar refractivity (Wildman–Crippen MR) is 38.5 cm³/mol. The van der Waals surface area contributed by atoms with Crippen molar-refractivity contribution < 1.29 is 10.1 Å². The molecule has 0 radical (unpaired) electrons. The molecule has 0 bridgehead atoms. The normalized spacial score (nSPS) is 9.80. The highest BCUT2D eigenvalue weighted by atomic mass is 16.3. The highest BCUT2D eigenvalue weighted by Crippen LogP contribution is 2.19. The van der Waals surface area contributed by atoms with Gasteiger partial charge < -0.3 is 10.8 Å². The largest absolute Gasteiger partial charge is 0.501 e. The van der Waals surface area contributed by atoms with Gasteiger partial charge >= 0.3 is 0 Å². The fourth-order valence-electron chi connectivity index (χ4n) is 0.909. The lowest BCUT2D eigenvalue weighted by molar-refractivity contribution is -0.397. The molecule has 1 aromatic heterocycles. The van der Waals surface area contributed by atoms with Crippen LogP contribution in [-0.4, -0.2) is 5.11 Å². The molecule has 54 valence electrons. The Balaban J connectivity index is 3.31. The average Bonchev–Trinajstić information content (AvgIpc) is 1.82. The predicted octanol–water partition coefficient (Wildman–Crippen LogP) is 0.405. The van der Waals surface area contributed by atoms with E-state index >= 15 is 0 Å². The summed E-state index contributed by atoms with van der Waals surface area (Å²) >= 11 is 0. The Morgan fingerprint density at radius 2 is 2.10 bits per heavy atom. The minimum atomic E-state index is 0.144. The molecule has 3 nitrogen and oxygen atoms in total. The molecule has 0 unspecified atom stereocenters. The molecule has 1 rings (SSSR count). The maximum atomic E-state index is 9.17. The van der Waals surface area contributed by atoms with Gasteiger partial charge in [0.15, 0.2) is 5.69 Å². The average molecular weight is 139 g/mol. The van der Waals surface area contributed by atoms with Crippen LogP contribution in [0.5, 0.6) is 5.75 Å². The lowest BCUT2D eigenvalue weighted by atomic mass is 10.2. The molecule has 0 aliphatic heterocycles. The Kier molecular flexibility index (Phi) is 1.49. The number of aromatic nitrogens is 1. The summed E-state index contributed by atoms with van der Waals surface area (Å²) in [6, 6.07) is 1.70. The molecule has 1 heterocycles. The SMILES string of the molecule is Cc1cc(N)c(O)c(C)[nH+]1. The maximum absolute atomic E-state index is 9.17. The van der Waals surface area contributed by atoms with Crippen LogP contribution in [0.3, 0.4) is 0 Å². The van der Waals surface area contributed by atoms with Crippen molar-refractivity contribution in [1.82, 2.24) is 0 Å². The number of nitrogen functional groups attached to an aromatic ring is 1. The van der Waals surface area contributed by atoms with Gasteiger partial charge in [-0.25, -0.2) is 4.98 Å². The van der Waals surface area contributed by atoms with Gasteiger partial charge in [-0.05, 0) is 0 Å². The fourth-order valence-corrected chi connectivity index (χ4v) is 0.909. The molecule has 4 N–H and O–H groups in total. The molecule has 0 saturated carbocycles. The lowest BCUT2D eigenvalue weighted by Gasteiger charge is -1.96. The number of aromatic amines is 1. The first-order valence-corrected chi connectivity index (χ1v) is 3.09. The second kappa shape index (κ2) is 2.17. The van der Waals surface area contributed by atoms with Crippen molar-refractivity contribution in [3.63, 3.8) is 0 Å². The van der Waals surface area contributed by atoms with Crippen LogP contribution in [0.25, 0.3) is 0 Å². The third kappa shape index (κ3) is 1.03. The van der Waals surface area contributed by atoms with Gasteiger partial charge in [0.2, 0.25) is 11.4 Å². The Bertz CT molecular complexity index is 235. The van der Waals surface area contributed by atoms with Crippen LogP contribution in [0.4, 0.5) is 5.69 Å².